The number of benzene rings is 1. The normalized spacial score (nSPS) is 11.1. The van der Waals surface area contributed by atoms with Gasteiger partial charge >= 0.3 is 0 Å². The van der Waals surface area contributed by atoms with E-state index >= 15 is 0 Å². The van der Waals surface area contributed by atoms with Crippen molar-refractivity contribution in [3.63, 3.8) is 0 Å². The van der Waals surface area contributed by atoms with Gasteiger partial charge in [0.15, 0.2) is 0 Å². The molecule has 0 atom stereocenters. The third-order valence-electron chi connectivity index (χ3n) is 3.72. The van der Waals surface area contributed by atoms with E-state index in [1.807, 2.05) is 19.1 Å². The molecule has 7 heteroatoms. The first kappa shape index (κ1) is 16.4. The number of hydrogen-bond acceptors (Lipinski definition) is 4. The molecule has 0 aliphatic rings. The zero-order valence-electron chi connectivity index (χ0n) is 13.6. The van der Waals surface area contributed by atoms with E-state index in [0.29, 0.717) is 17.9 Å². The Balaban J connectivity index is 1.85. The monoisotopic (exact) mass is 336 g/mol. The van der Waals surface area contributed by atoms with Gasteiger partial charge in [-0.3, -0.25) is 19.6 Å². The summed E-state index contributed by atoms with van der Waals surface area (Å²) < 4.78 is 3.47. The second-order valence-electron chi connectivity index (χ2n) is 5.33. The number of aryl methyl sites for hydroxylation is 1. The van der Waals surface area contributed by atoms with Crippen molar-refractivity contribution in [1.29, 1.82) is 0 Å². The van der Waals surface area contributed by atoms with Gasteiger partial charge in [-0.25, -0.2) is 0 Å². The van der Waals surface area contributed by atoms with E-state index in [1.165, 1.54) is 18.2 Å². The summed E-state index contributed by atoms with van der Waals surface area (Å²) >= 11 is 0. The maximum absolute atomic E-state index is 12.2. The lowest BCUT2D eigenvalue weighted by Crippen LogP contribution is -2.00. The zero-order chi connectivity index (χ0) is 17.8. The Kier molecular flexibility index (Phi) is 4.56. The first-order valence-electron chi connectivity index (χ1n) is 7.76. The summed E-state index contributed by atoms with van der Waals surface area (Å²) in [5.41, 5.74) is 1.79. The molecular weight excluding hydrogens is 320 g/mol. The number of hydrogen-bond donors (Lipinski definition) is 0. The molecule has 0 bridgehead atoms. The predicted octanol–water partition coefficient (Wildman–Crippen LogP) is 3.50. The number of nitro benzene ring substituents is 1. The van der Waals surface area contributed by atoms with Crippen LogP contribution in [0.4, 0.5) is 5.69 Å². The Morgan fingerprint density at radius 1 is 1.24 bits per heavy atom. The maximum Gasteiger partial charge on any atom is 0.271 e. The first-order valence-corrected chi connectivity index (χ1v) is 7.76. The number of allylic oxidation sites excluding steroid dienone is 1. The summed E-state index contributed by atoms with van der Waals surface area (Å²) in [6.45, 7) is 2.65. The topological polar surface area (TPSA) is 83.0 Å². The van der Waals surface area contributed by atoms with Crippen molar-refractivity contribution < 1.29 is 9.72 Å². The van der Waals surface area contributed by atoms with Crippen LogP contribution in [0.1, 0.15) is 23.1 Å². The molecule has 0 fully saturated rings. The summed E-state index contributed by atoms with van der Waals surface area (Å²) in [7, 11) is 0. The molecule has 7 nitrogen and oxygen atoms in total. The molecule has 0 saturated heterocycles. The highest BCUT2D eigenvalue weighted by Crippen LogP contribution is 2.19. The van der Waals surface area contributed by atoms with E-state index in [9.17, 15) is 14.9 Å². The number of aromatic nitrogens is 3. The van der Waals surface area contributed by atoms with Crippen LogP contribution in [0, 0.1) is 10.1 Å². The maximum atomic E-state index is 12.2. The molecule has 1 aromatic carbocycles. The van der Waals surface area contributed by atoms with Gasteiger partial charge in [0.1, 0.15) is 5.69 Å². The Morgan fingerprint density at radius 3 is 2.80 bits per heavy atom. The van der Waals surface area contributed by atoms with Crippen LogP contribution in [0.2, 0.25) is 0 Å². The molecule has 3 aromatic rings. The quantitative estimate of drug-likeness (QED) is 0.298. The lowest BCUT2D eigenvalue weighted by molar-refractivity contribution is -0.384. The zero-order valence-corrected chi connectivity index (χ0v) is 13.6. The largest absolute Gasteiger partial charge is 0.317 e. The van der Waals surface area contributed by atoms with Gasteiger partial charge in [0.2, 0.25) is 5.78 Å². The molecule has 0 saturated carbocycles. The third kappa shape index (κ3) is 3.55. The van der Waals surface area contributed by atoms with E-state index in [0.717, 1.165) is 5.69 Å². The minimum atomic E-state index is -0.434. The molecule has 0 amide bonds. The molecule has 0 aliphatic carbocycles. The van der Waals surface area contributed by atoms with Crippen molar-refractivity contribution in [2.45, 2.75) is 13.5 Å². The average molecular weight is 336 g/mol. The molecule has 0 N–H and O–H groups in total. The second kappa shape index (κ2) is 6.96. The highest BCUT2D eigenvalue weighted by atomic mass is 16.6. The minimum absolute atomic E-state index is 0.0160. The molecule has 0 radical (unpaired) electrons. The van der Waals surface area contributed by atoms with Gasteiger partial charge in [-0.2, -0.15) is 5.10 Å². The molecule has 2 heterocycles. The minimum Gasteiger partial charge on any atom is -0.317 e. The highest BCUT2D eigenvalue weighted by molar-refractivity contribution is 6.05. The molecule has 126 valence electrons. The van der Waals surface area contributed by atoms with E-state index in [-0.39, 0.29) is 11.5 Å². The second-order valence-corrected chi connectivity index (χ2v) is 5.33. The van der Waals surface area contributed by atoms with Crippen molar-refractivity contribution in [1.82, 2.24) is 14.3 Å². The van der Waals surface area contributed by atoms with Crippen LogP contribution in [0.15, 0.2) is 60.9 Å². The van der Waals surface area contributed by atoms with Crippen LogP contribution >= 0.6 is 0 Å². The van der Waals surface area contributed by atoms with E-state index < -0.39 is 4.92 Å². The van der Waals surface area contributed by atoms with Crippen molar-refractivity contribution >= 4 is 17.5 Å². The van der Waals surface area contributed by atoms with Gasteiger partial charge in [-0.05, 0) is 43.3 Å². The van der Waals surface area contributed by atoms with Gasteiger partial charge in [-0.1, -0.05) is 6.07 Å². The van der Waals surface area contributed by atoms with E-state index in [1.54, 1.807) is 45.9 Å². The standard InChI is InChI=1S/C18H16N4O3/c1-2-20-12-10-17(19-20)18(23)9-8-14-7-4-11-21(14)15-5-3-6-16(13-15)22(24)25/h3-13H,2H2,1H3/b9-8+. The fourth-order valence-corrected chi connectivity index (χ4v) is 2.44. The van der Waals surface area contributed by atoms with Gasteiger partial charge < -0.3 is 4.57 Å². The summed E-state index contributed by atoms with van der Waals surface area (Å²) in [5, 5.41) is 15.1. The van der Waals surface area contributed by atoms with Crippen LogP contribution < -0.4 is 0 Å². The Hall–Kier alpha value is -3.48. The Bertz CT molecular complexity index is 953. The number of nitro groups is 1. The summed E-state index contributed by atoms with van der Waals surface area (Å²) in [4.78, 5) is 22.7. The third-order valence-corrected chi connectivity index (χ3v) is 3.72. The molecule has 2 aromatic heterocycles. The smallest absolute Gasteiger partial charge is 0.271 e. The molecule has 0 unspecified atom stereocenters. The lowest BCUT2D eigenvalue weighted by atomic mass is 10.2. The molecule has 0 aliphatic heterocycles. The van der Waals surface area contributed by atoms with Gasteiger partial charge in [0.05, 0.1) is 10.6 Å². The number of carbonyl (C=O) groups is 1. The molecule has 0 spiro atoms. The average Bonchev–Trinajstić information content (AvgIpc) is 3.29. The van der Waals surface area contributed by atoms with Gasteiger partial charge in [-0.15, -0.1) is 0 Å². The van der Waals surface area contributed by atoms with Crippen LogP contribution in [-0.4, -0.2) is 25.1 Å². The van der Waals surface area contributed by atoms with Gasteiger partial charge in [0.25, 0.3) is 5.69 Å². The lowest BCUT2D eigenvalue weighted by Gasteiger charge is -2.06. The number of non-ortho nitro benzene ring substituents is 1. The summed E-state index contributed by atoms with van der Waals surface area (Å²) in [6, 6.07) is 11.6. The fourth-order valence-electron chi connectivity index (χ4n) is 2.44. The number of ketones is 1. The van der Waals surface area contributed by atoms with Crippen molar-refractivity contribution in [3.8, 4) is 5.69 Å². The van der Waals surface area contributed by atoms with Crippen LogP contribution in [0.25, 0.3) is 11.8 Å². The van der Waals surface area contributed by atoms with Crippen molar-refractivity contribution in [3.05, 3.63) is 82.4 Å². The first-order chi connectivity index (χ1) is 12.1. The summed E-state index contributed by atoms with van der Waals surface area (Å²) in [5.74, 6) is -0.195. The summed E-state index contributed by atoms with van der Waals surface area (Å²) in [6.07, 6.45) is 6.67. The fraction of sp³-hybridized carbons (Fsp3) is 0.111. The van der Waals surface area contributed by atoms with E-state index in [2.05, 4.69) is 5.10 Å². The van der Waals surface area contributed by atoms with Crippen LogP contribution in [-0.2, 0) is 6.54 Å². The van der Waals surface area contributed by atoms with Crippen molar-refractivity contribution in [2.24, 2.45) is 0 Å². The van der Waals surface area contributed by atoms with Gasteiger partial charge in [0, 0.05) is 36.8 Å². The Morgan fingerprint density at radius 2 is 2.08 bits per heavy atom. The predicted molar refractivity (Wildman–Crippen MR) is 93.7 cm³/mol. The van der Waals surface area contributed by atoms with Crippen LogP contribution in [0.3, 0.4) is 0 Å². The molecular formula is C18H16N4O3. The molecule has 3 rings (SSSR count). The van der Waals surface area contributed by atoms with Crippen LogP contribution in [0.5, 0.6) is 0 Å². The number of nitrogens with zero attached hydrogens (tertiary/aromatic N) is 4. The molecule has 25 heavy (non-hydrogen) atoms. The van der Waals surface area contributed by atoms with E-state index in [4.69, 9.17) is 0 Å². The number of carbonyl (C=O) groups excluding carboxylic acids is 1. The highest BCUT2D eigenvalue weighted by Gasteiger charge is 2.09. The SMILES string of the molecule is CCn1ccc(C(=O)/C=C/c2cccn2-c2cccc([N+](=O)[O-])c2)n1. The number of rotatable bonds is 6. The Labute approximate surface area is 144 Å². The van der Waals surface area contributed by atoms with Crippen molar-refractivity contribution in [2.75, 3.05) is 0 Å².